The topological polar surface area (TPSA) is 6.48 Å². The molecule has 2 rings (SSSR count). The molecule has 0 aliphatic carbocycles. The molecule has 0 saturated carbocycles. The fourth-order valence-corrected chi connectivity index (χ4v) is 2.96. The van der Waals surface area contributed by atoms with Gasteiger partial charge in [0, 0.05) is 36.0 Å². The van der Waals surface area contributed by atoms with Crippen LogP contribution < -0.4 is 4.90 Å². The number of likely N-dealkylation sites (N-methyl/N-ethyl adjacent to an activating group) is 1. The number of halogens is 2. The van der Waals surface area contributed by atoms with Crippen molar-refractivity contribution in [2.45, 2.75) is 5.33 Å². The lowest BCUT2D eigenvalue weighted by Crippen LogP contribution is -2.44. The van der Waals surface area contributed by atoms with Crippen molar-refractivity contribution in [2.24, 2.45) is 0 Å². The second-order valence-corrected chi connectivity index (χ2v) is 5.62. The van der Waals surface area contributed by atoms with E-state index in [-0.39, 0.29) is 0 Å². The molecule has 1 heterocycles. The molecule has 0 N–H and O–H groups in total. The highest BCUT2D eigenvalue weighted by Crippen LogP contribution is 2.28. The molecular weight excluding hydrogens is 332 g/mol. The summed E-state index contributed by atoms with van der Waals surface area (Å²) >= 11 is 7.14. The van der Waals surface area contributed by atoms with Crippen LogP contribution in [0.2, 0.25) is 0 Å². The molecule has 1 fully saturated rings. The van der Waals surface area contributed by atoms with Crippen molar-refractivity contribution in [1.82, 2.24) is 4.90 Å². The van der Waals surface area contributed by atoms with Gasteiger partial charge in [0.1, 0.15) is 0 Å². The first-order valence-electron chi connectivity index (χ1n) is 5.48. The van der Waals surface area contributed by atoms with Crippen molar-refractivity contribution in [3.05, 3.63) is 28.2 Å². The van der Waals surface area contributed by atoms with Gasteiger partial charge in [0.2, 0.25) is 0 Å². The smallest absolute Gasteiger partial charge is 0.0511 e. The van der Waals surface area contributed by atoms with Crippen LogP contribution in [0.4, 0.5) is 5.69 Å². The molecule has 16 heavy (non-hydrogen) atoms. The lowest BCUT2D eigenvalue weighted by Gasteiger charge is -2.34. The number of alkyl halides is 1. The summed E-state index contributed by atoms with van der Waals surface area (Å²) in [6.45, 7) is 4.52. The van der Waals surface area contributed by atoms with Crippen LogP contribution in [-0.2, 0) is 5.33 Å². The Morgan fingerprint density at radius 2 is 1.88 bits per heavy atom. The molecule has 4 heteroatoms. The van der Waals surface area contributed by atoms with Crippen LogP contribution in [0.25, 0.3) is 0 Å². The number of anilines is 1. The van der Waals surface area contributed by atoms with Crippen molar-refractivity contribution in [3.63, 3.8) is 0 Å². The summed E-state index contributed by atoms with van der Waals surface area (Å²) in [6.07, 6.45) is 0. The van der Waals surface area contributed by atoms with Gasteiger partial charge < -0.3 is 9.80 Å². The minimum Gasteiger partial charge on any atom is -0.368 e. The standard InChI is InChI=1S/C12H16Br2N2/c1-15-4-6-16(7-5-15)12-3-2-10(9-13)8-11(12)14/h2-3,8H,4-7,9H2,1H3. The zero-order valence-electron chi connectivity index (χ0n) is 9.42. The maximum absolute atomic E-state index is 3.66. The van der Waals surface area contributed by atoms with Gasteiger partial charge in [-0.2, -0.15) is 0 Å². The molecule has 1 aromatic rings. The van der Waals surface area contributed by atoms with Crippen LogP contribution in [0.3, 0.4) is 0 Å². The van der Waals surface area contributed by atoms with Gasteiger partial charge in [-0.05, 0) is 40.7 Å². The summed E-state index contributed by atoms with van der Waals surface area (Å²) in [5, 5.41) is 0.911. The van der Waals surface area contributed by atoms with Gasteiger partial charge in [-0.25, -0.2) is 0 Å². The molecule has 88 valence electrons. The van der Waals surface area contributed by atoms with Crippen LogP contribution in [0.1, 0.15) is 5.56 Å². The molecule has 0 spiro atoms. The Balaban J connectivity index is 2.14. The van der Waals surface area contributed by atoms with E-state index >= 15 is 0 Å². The average Bonchev–Trinajstić information content (AvgIpc) is 2.30. The van der Waals surface area contributed by atoms with Gasteiger partial charge in [-0.1, -0.05) is 22.0 Å². The number of benzene rings is 1. The fraction of sp³-hybridized carbons (Fsp3) is 0.500. The van der Waals surface area contributed by atoms with Crippen LogP contribution in [-0.4, -0.2) is 38.1 Å². The average molecular weight is 348 g/mol. The second kappa shape index (κ2) is 5.52. The highest BCUT2D eigenvalue weighted by Gasteiger charge is 2.16. The number of hydrogen-bond donors (Lipinski definition) is 0. The second-order valence-electron chi connectivity index (χ2n) is 4.21. The molecule has 0 radical (unpaired) electrons. The third kappa shape index (κ3) is 2.79. The first-order chi connectivity index (χ1) is 7.70. The lowest BCUT2D eigenvalue weighted by atomic mass is 10.2. The number of nitrogens with zero attached hydrogens (tertiary/aromatic N) is 2. The quantitative estimate of drug-likeness (QED) is 0.758. The maximum atomic E-state index is 3.66. The van der Waals surface area contributed by atoms with Gasteiger partial charge in [-0.15, -0.1) is 0 Å². The molecule has 0 bridgehead atoms. The summed E-state index contributed by atoms with van der Waals surface area (Å²) in [5.74, 6) is 0. The van der Waals surface area contributed by atoms with Crippen LogP contribution in [0, 0.1) is 0 Å². The number of hydrogen-bond acceptors (Lipinski definition) is 2. The highest BCUT2D eigenvalue weighted by atomic mass is 79.9. The Bertz CT molecular complexity index is 360. The Kier molecular flexibility index (Phi) is 4.27. The third-order valence-electron chi connectivity index (χ3n) is 3.01. The molecule has 0 amide bonds. The predicted octanol–water partition coefficient (Wildman–Crippen LogP) is 3.10. The summed E-state index contributed by atoms with van der Waals surface area (Å²) in [5.41, 5.74) is 2.63. The monoisotopic (exact) mass is 346 g/mol. The number of rotatable bonds is 2. The molecule has 2 nitrogen and oxygen atoms in total. The number of piperazine rings is 1. The van der Waals surface area contributed by atoms with E-state index in [1.165, 1.54) is 15.7 Å². The van der Waals surface area contributed by atoms with Gasteiger partial charge in [-0.3, -0.25) is 0 Å². The van der Waals surface area contributed by atoms with Crippen LogP contribution in [0.15, 0.2) is 22.7 Å². The first-order valence-corrected chi connectivity index (χ1v) is 7.40. The van der Waals surface area contributed by atoms with Crippen molar-refractivity contribution < 1.29 is 0 Å². The van der Waals surface area contributed by atoms with E-state index < -0.39 is 0 Å². The summed E-state index contributed by atoms with van der Waals surface area (Å²) in [7, 11) is 2.18. The Hall–Kier alpha value is -0.0600. The minimum absolute atomic E-state index is 0.911. The third-order valence-corrected chi connectivity index (χ3v) is 4.29. The highest BCUT2D eigenvalue weighted by molar-refractivity contribution is 9.10. The van der Waals surface area contributed by atoms with E-state index in [9.17, 15) is 0 Å². The van der Waals surface area contributed by atoms with E-state index in [1.54, 1.807) is 0 Å². The van der Waals surface area contributed by atoms with E-state index in [1.807, 2.05) is 0 Å². The van der Waals surface area contributed by atoms with Gasteiger partial charge in [0.25, 0.3) is 0 Å². The summed E-state index contributed by atoms with van der Waals surface area (Å²) < 4.78 is 1.20. The van der Waals surface area contributed by atoms with E-state index in [4.69, 9.17) is 0 Å². The molecule has 0 atom stereocenters. The van der Waals surface area contributed by atoms with Crippen LogP contribution in [0.5, 0.6) is 0 Å². The zero-order chi connectivity index (χ0) is 11.5. The van der Waals surface area contributed by atoms with Gasteiger partial charge in [0.05, 0.1) is 5.69 Å². The largest absolute Gasteiger partial charge is 0.368 e. The Labute approximate surface area is 114 Å². The molecule has 1 saturated heterocycles. The van der Waals surface area contributed by atoms with E-state index in [0.29, 0.717) is 0 Å². The SMILES string of the molecule is CN1CCN(c2ccc(CBr)cc2Br)CC1. The lowest BCUT2D eigenvalue weighted by molar-refractivity contribution is 0.312. The van der Waals surface area contributed by atoms with Crippen LogP contribution >= 0.6 is 31.9 Å². The molecule has 1 aromatic carbocycles. The summed E-state index contributed by atoms with van der Waals surface area (Å²) in [4.78, 5) is 4.82. The first kappa shape index (κ1) is 12.4. The Morgan fingerprint density at radius 3 is 2.44 bits per heavy atom. The minimum atomic E-state index is 0.911. The molecule has 1 aliphatic rings. The van der Waals surface area contributed by atoms with Crippen molar-refractivity contribution >= 4 is 37.5 Å². The zero-order valence-corrected chi connectivity index (χ0v) is 12.6. The fourth-order valence-electron chi connectivity index (χ4n) is 1.94. The molecular formula is C12H16Br2N2. The summed E-state index contributed by atoms with van der Waals surface area (Å²) in [6, 6.07) is 6.60. The van der Waals surface area contributed by atoms with Gasteiger partial charge >= 0.3 is 0 Å². The van der Waals surface area contributed by atoms with Gasteiger partial charge in [0.15, 0.2) is 0 Å². The normalized spacial score (nSPS) is 17.8. The van der Waals surface area contributed by atoms with E-state index in [2.05, 4.69) is 66.9 Å². The predicted molar refractivity (Wildman–Crippen MR) is 76.5 cm³/mol. The molecule has 0 aromatic heterocycles. The molecule has 0 unspecified atom stereocenters. The van der Waals surface area contributed by atoms with E-state index in [0.717, 1.165) is 31.5 Å². The maximum Gasteiger partial charge on any atom is 0.0511 e. The van der Waals surface area contributed by atoms with Crippen molar-refractivity contribution in [3.8, 4) is 0 Å². The van der Waals surface area contributed by atoms with Crippen molar-refractivity contribution in [1.29, 1.82) is 0 Å². The van der Waals surface area contributed by atoms with Crippen molar-refractivity contribution in [2.75, 3.05) is 38.1 Å². The Morgan fingerprint density at radius 1 is 1.19 bits per heavy atom. The molecule has 1 aliphatic heterocycles.